The van der Waals surface area contributed by atoms with Crippen LogP contribution in [0.15, 0.2) is 35.0 Å². The third-order valence-electron chi connectivity index (χ3n) is 3.13. The molecule has 0 aliphatic heterocycles. The number of aliphatic hydroxyl groups is 1. The van der Waals surface area contributed by atoms with E-state index in [9.17, 15) is 4.79 Å². The normalized spacial score (nSPS) is 10.7. The van der Waals surface area contributed by atoms with Crippen molar-refractivity contribution in [1.82, 2.24) is 15.1 Å². The zero-order valence-electron chi connectivity index (χ0n) is 12.0. The van der Waals surface area contributed by atoms with E-state index in [-0.39, 0.29) is 12.5 Å². The molecule has 0 atom stereocenters. The topological polar surface area (TPSA) is 80.3 Å². The summed E-state index contributed by atoms with van der Waals surface area (Å²) in [5, 5.41) is 15.6. The van der Waals surface area contributed by atoms with Gasteiger partial charge >= 0.3 is 0 Å². The summed E-state index contributed by atoms with van der Waals surface area (Å²) in [6.45, 7) is 1.37. The standard InChI is InChI=1S/C15H21N3O3/c19-11-4-2-1-3-8-16-15(20)14-7-6-13(21-14)12-18-10-5-9-17-18/h5-7,9-10,19H,1-4,8,11-12H2,(H,16,20). The highest BCUT2D eigenvalue weighted by atomic mass is 16.4. The molecule has 1 amide bonds. The minimum atomic E-state index is -0.191. The number of unbranched alkanes of at least 4 members (excludes halogenated alkanes) is 3. The van der Waals surface area contributed by atoms with Gasteiger partial charge in [-0.3, -0.25) is 9.48 Å². The van der Waals surface area contributed by atoms with E-state index in [0.717, 1.165) is 25.7 Å². The van der Waals surface area contributed by atoms with Crippen molar-refractivity contribution < 1.29 is 14.3 Å². The first-order chi connectivity index (χ1) is 10.3. The lowest BCUT2D eigenvalue weighted by Crippen LogP contribution is -2.23. The highest BCUT2D eigenvalue weighted by Crippen LogP contribution is 2.09. The Morgan fingerprint density at radius 2 is 2.14 bits per heavy atom. The molecule has 0 aliphatic rings. The SMILES string of the molecule is O=C(NCCCCCCO)c1ccc(Cn2cccn2)o1. The number of aliphatic hydroxyl groups excluding tert-OH is 1. The number of rotatable bonds is 9. The van der Waals surface area contributed by atoms with Gasteiger partial charge in [0.15, 0.2) is 5.76 Å². The number of nitrogens with zero attached hydrogens (tertiary/aromatic N) is 2. The summed E-state index contributed by atoms with van der Waals surface area (Å²) >= 11 is 0. The molecule has 0 spiro atoms. The highest BCUT2D eigenvalue weighted by Gasteiger charge is 2.10. The first kappa shape index (κ1) is 15.3. The maximum atomic E-state index is 11.9. The first-order valence-electron chi connectivity index (χ1n) is 7.25. The number of furan rings is 1. The summed E-state index contributed by atoms with van der Waals surface area (Å²) < 4.78 is 7.25. The van der Waals surface area contributed by atoms with Crippen molar-refractivity contribution in [3.05, 3.63) is 42.1 Å². The zero-order chi connectivity index (χ0) is 14.9. The molecule has 114 valence electrons. The number of hydrogen-bond acceptors (Lipinski definition) is 4. The van der Waals surface area contributed by atoms with Gasteiger partial charge in [0.1, 0.15) is 5.76 Å². The van der Waals surface area contributed by atoms with Gasteiger partial charge in [-0.05, 0) is 31.0 Å². The van der Waals surface area contributed by atoms with Gasteiger partial charge in [-0.1, -0.05) is 12.8 Å². The summed E-state index contributed by atoms with van der Waals surface area (Å²) in [6, 6.07) is 5.31. The van der Waals surface area contributed by atoms with E-state index in [0.29, 0.717) is 24.6 Å². The van der Waals surface area contributed by atoms with Crippen LogP contribution >= 0.6 is 0 Å². The number of nitrogens with one attached hydrogen (secondary N) is 1. The lowest BCUT2D eigenvalue weighted by molar-refractivity contribution is 0.0923. The van der Waals surface area contributed by atoms with Crippen LogP contribution in [0.2, 0.25) is 0 Å². The zero-order valence-corrected chi connectivity index (χ0v) is 12.0. The van der Waals surface area contributed by atoms with Gasteiger partial charge in [-0.15, -0.1) is 0 Å². The summed E-state index contributed by atoms with van der Waals surface area (Å²) in [7, 11) is 0. The molecule has 2 heterocycles. The van der Waals surface area contributed by atoms with Crippen molar-refractivity contribution in [3.8, 4) is 0 Å². The second-order valence-electron chi connectivity index (χ2n) is 4.86. The molecule has 2 aromatic heterocycles. The molecule has 0 fully saturated rings. The van der Waals surface area contributed by atoms with Crippen LogP contribution in [0.25, 0.3) is 0 Å². The molecule has 2 rings (SSSR count). The maximum absolute atomic E-state index is 11.9. The predicted molar refractivity (Wildman–Crippen MR) is 77.9 cm³/mol. The third kappa shape index (κ3) is 5.07. The van der Waals surface area contributed by atoms with Gasteiger partial charge in [-0.2, -0.15) is 5.10 Å². The maximum Gasteiger partial charge on any atom is 0.286 e. The van der Waals surface area contributed by atoms with Crippen molar-refractivity contribution >= 4 is 5.91 Å². The Kier molecular flexibility index (Phi) is 6.02. The van der Waals surface area contributed by atoms with E-state index < -0.39 is 0 Å². The van der Waals surface area contributed by atoms with Crippen molar-refractivity contribution in [2.45, 2.75) is 32.2 Å². The van der Waals surface area contributed by atoms with Gasteiger partial charge in [0.25, 0.3) is 5.91 Å². The second kappa shape index (κ2) is 8.26. The van der Waals surface area contributed by atoms with Crippen LogP contribution in [0.1, 0.15) is 42.0 Å². The minimum Gasteiger partial charge on any atom is -0.454 e. The van der Waals surface area contributed by atoms with Crippen LogP contribution in [0, 0.1) is 0 Å². The van der Waals surface area contributed by atoms with E-state index in [2.05, 4.69) is 10.4 Å². The van der Waals surface area contributed by atoms with Crippen molar-refractivity contribution in [3.63, 3.8) is 0 Å². The van der Waals surface area contributed by atoms with Gasteiger partial charge in [0.05, 0.1) is 6.54 Å². The molecule has 0 saturated carbocycles. The lowest BCUT2D eigenvalue weighted by Gasteiger charge is -2.03. The van der Waals surface area contributed by atoms with Crippen LogP contribution in [-0.2, 0) is 6.54 Å². The van der Waals surface area contributed by atoms with Gasteiger partial charge in [0.2, 0.25) is 0 Å². The quantitative estimate of drug-likeness (QED) is 0.690. The van der Waals surface area contributed by atoms with Crippen LogP contribution < -0.4 is 5.32 Å². The Morgan fingerprint density at radius 3 is 2.90 bits per heavy atom. The minimum absolute atomic E-state index is 0.191. The second-order valence-corrected chi connectivity index (χ2v) is 4.86. The molecule has 6 heteroatoms. The fraction of sp³-hybridized carbons (Fsp3) is 0.467. The lowest BCUT2D eigenvalue weighted by atomic mass is 10.2. The van der Waals surface area contributed by atoms with Gasteiger partial charge in [-0.25, -0.2) is 0 Å². The molecular weight excluding hydrogens is 270 g/mol. The van der Waals surface area contributed by atoms with E-state index in [1.807, 2.05) is 12.3 Å². The molecule has 0 bridgehead atoms. The van der Waals surface area contributed by atoms with Crippen LogP contribution in [0.5, 0.6) is 0 Å². The Bertz CT molecular complexity index is 534. The summed E-state index contributed by atoms with van der Waals surface area (Å²) in [5.41, 5.74) is 0. The largest absolute Gasteiger partial charge is 0.454 e. The highest BCUT2D eigenvalue weighted by molar-refractivity contribution is 5.91. The molecule has 2 aromatic rings. The van der Waals surface area contributed by atoms with E-state index in [4.69, 9.17) is 9.52 Å². The first-order valence-corrected chi connectivity index (χ1v) is 7.25. The van der Waals surface area contributed by atoms with E-state index in [1.54, 1.807) is 23.0 Å². The predicted octanol–water partition coefficient (Wildman–Crippen LogP) is 1.81. The van der Waals surface area contributed by atoms with Crippen LogP contribution in [0.4, 0.5) is 0 Å². The Morgan fingerprint density at radius 1 is 1.29 bits per heavy atom. The number of hydrogen-bond donors (Lipinski definition) is 2. The molecule has 0 unspecified atom stereocenters. The van der Waals surface area contributed by atoms with Crippen LogP contribution in [0.3, 0.4) is 0 Å². The molecular formula is C15H21N3O3. The molecule has 6 nitrogen and oxygen atoms in total. The number of carbonyl (C=O) groups excluding carboxylic acids is 1. The van der Waals surface area contributed by atoms with E-state index in [1.165, 1.54) is 0 Å². The van der Waals surface area contributed by atoms with Gasteiger partial charge < -0.3 is 14.8 Å². The monoisotopic (exact) mass is 291 g/mol. The summed E-state index contributed by atoms with van der Waals surface area (Å²) in [4.78, 5) is 11.9. The van der Waals surface area contributed by atoms with Crippen LogP contribution in [-0.4, -0.2) is 33.9 Å². The van der Waals surface area contributed by atoms with Crippen molar-refractivity contribution in [1.29, 1.82) is 0 Å². The molecule has 0 saturated heterocycles. The number of aromatic nitrogens is 2. The number of amides is 1. The van der Waals surface area contributed by atoms with Crippen molar-refractivity contribution in [2.24, 2.45) is 0 Å². The van der Waals surface area contributed by atoms with E-state index >= 15 is 0 Å². The number of carbonyl (C=O) groups is 1. The van der Waals surface area contributed by atoms with Gasteiger partial charge in [0, 0.05) is 25.5 Å². The molecule has 21 heavy (non-hydrogen) atoms. The molecule has 2 N–H and O–H groups in total. The fourth-order valence-electron chi connectivity index (χ4n) is 2.02. The summed E-state index contributed by atoms with van der Waals surface area (Å²) in [6.07, 6.45) is 7.27. The van der Waals surface area contributed by atoms with Crippen molar-refractivity contribution in [2.75, 3.05) is 13.2 Å². The average molecular weight is 291 g/mol. The Balaban J connectivity index is 1.71. The Labute approximate surface area is 123 Å². The molecule has 0 radical (unpaired) electrons. The average Bonchev–Trinajstić information content (AvgIpc) is 3.15. The molecule has 0 aromatic carbocycles. The molecule has 0 aliphatic carbocycles. The Hall–Kier alpha value is -2.08. The summed E-state index contributed by atoms with van der Waals surface area (Å²) in [5.74, 6) is 0.836. The third-order valence-corrected chi connectivity index (χ3v) is 3.13. The smallest absolute Gasteiger partial charge is 0.286 e. The fourth-order valence-corrected chi connectivity index (χ4v) is 2.02.